The molecule has 0 spiro atoms. The summed E-state index contributed by atoms with van der Waals surface area (Å²) >= 11 is 0. The first kappa shape index (κ1) is 22.1. The fraction of sp³-hybridized carbons (Fsp3) is 0. The molecule has 2 aromatic carbocycles. The first-order chi connectivity index (χ1) is 9.00. The summed E-state index contributed by atoms with van der Waals surface area (Å²) in [6, 6.07) is 4.24. The number of hydrogen-bond acceptors (Lipinski definition) is 6. The molecule has 8 nitrogen and oxygen atoms in total. The zero-order valence-corrected chi connectivity index (χ0v) is 11.4. The van der Waals surface area contributed by atoms with E-state index in [9.17, 15) is 16.8 Å². The van der Waals surface area contributed by atoms with E-state index in [2.05, 4.69) is 0 Å². The summed E-state index contributed by atoms with van der Waals surface area (Å²) in [7, 11) is -9.29. The molecular formula is C10H12N2Na2O6S2. The molecule has 0 aromatic heterocycles. The maximum absolute atomic E-state index is 11.3. The second-order valence-corrected chi connectivity index (χ2v) is 6.86. The Morgan fingerprint density at radius 3 is 1.18 bits per heavy atom. The van der Waals surface area contributed by atoms with Crippen LogP contribution in [0, 0.1) is 0 Å². The normalized spacial score (nSPS) is 11.5. The molecule has 0 bridgehead atoms. The van der Waals surface area contributed by atoms with E-state index in [0.717, 1.165) is 24.3 Å². The van der Waals surface area contributed by atoms with Gasteiger partial charge in [0.25, 0.3) is 20.2 Å². The maximum atomic E-state index is 11.3. The third kappa shape index (κ3) is 4.57. The van der Waals surface area contributed by atoms with Crippen LogP contribution in [-0.2, 0) is 20.2 Å². The first-order valence-electron chi connectivity index (χ1n) is 5.08. The van der Waals surface area contributed by atoms with Crippen LogP contribution in [0.15, 0.2) is 34.1 Å². The van der Waals surface area contributed by atoms with Crippen molar-refractivity contribution in [1.82, 2.24) is 0 Å². The summed E-state index contributed by atoms with van der Waals surface area (Å²) in [6.07, 6.45) is 0. The van der Waals surface area contributed by atoms with E-state index >= 15 is 0 Å². The van der Waals surface area contributed by atoms with Crippen LogP contribution in [0.2, 0.25) is 0 Å². The van der Waals surface area contributed by atoms with Gasteiger partial charge in [-0.3, -0.25) is 9.11 Å². The molecule has 6 N–H and O–H groups in total. The average molecular weight is 366 g/mol. The molecule has 12 heteroatoms. The van der Waals surface area contributed by atoms with Crippen molar-refractivity contribution < 1.29 is 25.9 Å². The number of rotatable bonds is 2. The van der Waals surface area contributed by atoms with Crippen LogP contribution in [0.25, 0.3) is 10.8 Å². The molecule has 0 radical (unpaired) electrons. The number of nitrogens with two attached hydrogens (primary N) is 2. The topological polar surface area (TPSA) is 161 Å². The molecule has 112 valence electrons. The van der Waals surface area contributed by atoms with Crippen molar-refractivity contribution in [2.75, 3.05) is 11.5 Å². The Balaban J connectivity index is 0.00000220. The van der Waals surface area contributed by atoms with Gasteiger partial charge in [-0.2, -0.15) is 16.8 Å². The average Bonchev–Trinajstić information content (AvgIpc) is 2.25. The number of nitrogen functional groups attached to an aromatic ring is 2. The van der Waals surface area contributed by atoms with Gasteiger partial charge in [-0.15, -0.1) is 0 Å². The zero-order valence-electron chi connectivity index (χ0n) is 9.81. The van der Waals surface area contributed by atoms with Gasteiger partial charge in [0.2, 0.25) is 0 Å². The molecule has 0 atom stereocenters. The molecule has 0 aliphatic heterocycles. The van der Waals surface area contributed by atoms with Crippen LogP contribution in [-0.4, -0.2) is 85.1 Å². The van der Waals surface area contributed by atoms with Crippen LogP contribution in [0.3, 0.4) is 0 Å². The number of anilines is 2. The van der Waals surface area contributed by atoms with E-state index in [4.69, 9.17) is 20.6 Å². The van der Waals surface area contributed by atoms with Crippen LogP contribution >= 0.6 is 0 Å². The Bertz CT molecular complexity index is 851. The second-order valence-electron chi connectivity index (χ2n) is 4.08. The Morgan fingerprint density at radius 1 is 0.682 bits per heavy atom. The van der Waals surface area contributed by atoms with Crippen molar-refractivity contribution in [3.8, 4) is 0 Å². The number of hydrogen-bond donors (Lipinski definition) is 4. The quantitative estimate of drug-likeness (QED) is 0.305. The summed E-state index contributed by atoms with van der Waals surface area (Å²) in [4.78, 5) is -1.19. The van der Waals surface area contributed by atoms with Gasteiger partial charge >= 0.3 is 59.1 Å². The number of benzene rings is 2. The summed E-state index contributed by atoms with van der Waals surface area (Å²) < 4.78 is 63.6. The third-order valence-corrected chi connectivity index (χ3v) is 4.38. The van der Waals surface area contributed by atoms with Gasteiger partial charge in [-0.05, 0) is 24.3 Å². The third-order valence-electron chi connectivity index (χ3n) is 2.59. The van der Waals surface area contributed by atoms with Crippen molar-refractivity contribution in [1.29, 1.82) is 0 Å². The van der Waals surface area contributed by atoms with E-state index in [1.54, 1.807) is 0 Å². The molecule has 0 saturated carbocycles. The van der Waals surface area contributed by atoms with Gasteiger partial charge < -0.3 is 11.5 Å². The SMILES string of the molecule is Nc1cc(S(=O)(=O)O)c2cc(N)cc(S(=O)(=O)O)c2c1.[NaH].[NaH]. The summed E-state index contributed by atoms with van der Waals surface area (Å²) in [6.45, 7) is 0. The number of fused-ring (bicyclic) bond motifs is 1. The molecule has 2 rings (SSSR count). The van der Waals surface area contributed by atoms with E-state index in [0.29, 0.717) is 0 Å². The van der Waals surface area contributed by atoms with Gasteiger partial charge in [-0.25, -0.2) is 0 Å². The van der Waals surface area contributed by atoms with Gasteiger partial charge in [0.15, 0.2) is 0 Å². The minimum atomic E-state index is -4.64. The summed E-state index contributed by atoms with van der Waals surface area (Å²) in [5.74, 6) is 0. The Kier molecular flexibility index (Phi) is 7.38. The Hall–Kier alpha value is 0.120. The standard InChI is InChI=1S/C10H10N2O6S2.2Na.2H/c11-5-1-7-8(10(3-5)20(16,17)18)2-6(12)4-9(7)19(13,14)15;;;;/h1-4H,11-12H2,(H,13,14,15)(H,16,17,18);;;;. The summed E-state index contributed by atoms with van der Waals surface area (Å²) in [5.41, 5.74) is 10.8. The zero-order chi connectivity index (χ0) is 15.3. The Morgan fingerprint density at radius 2 is 0.955 bits per heavy atom. The van der Waals surface area contributed by atoms with Crippen LogP contribution in [0.4, 0.5) is 11.4 Å². The van der Waals surface area contributed by atoms with Crippen LogP contribution < -0.4 is 11.5 Å². The van der Waals surface area contributed by atoms with Crippen molar-refractivity contribution in [3.05, 3.63) is 24.3 Å². The van der Waals surface area contributed by atoms with Gasteiger partial charge in [-0.1, -0.05) is 0 Å². The van der Waals surface area contributed by atoms with Gasteiger partial charge in [0, 0.05) is 22.1 Å². The molecule has 2 aromatic rings. The van der Waals surface area contributed by atoms with Crippen molar-refractivity contribution in [2.45, 2.75) is 9.79 Å². The molecule has 0 heterocycles. The van der Waals surface area contributed by atoms with Gasteiger partial charge in [0.1, 0.15) is 9.79 Å². The summed E-state index contributed by atoms with van der Waals surface area (Å²) in [5, 5.41) is -0.316. The molecule has 0 saturated heterocycles. The second kappa shape index (κ2) is 7.34. The molecule has 0 aliphatic rings. The predicted octanol–water partition coefficient (Wildman–Crippen LogP) is -0.799. The molecule has 0 unspecified atom stereocenters. The molecular weight excluding hydrogens is 354 g/mol. The van der Waals surface area contributed by atoms with Crippen molar-refractivity contribution >= 4 is 101 Å². The van der Waals surface area contributed by atoms with E-state index in [-0.39, 0.29) is 81.3 Å². The van der Waals surface area contributed by atoms with E-state index in [1.165, 1.54) is 0 Å². The molecule has 0 aliphatic carbocycles. The van der Waals surface area contributed by atoms with Crippen LogP contribution in [0.5, 0.6) is 0 Å². The Labute approximate surface area is 171 Å². The van der Waals surface area contributed by atoms with Gasteiger partial charge in [0.05, 0.1) is 0 Å². The fourth-order valence-corrected chi connectivity index (χ4v) is 3.33. The molecule has 22 heavy (non-hydrogen) atoms. The van der Waals surface area contributed by atoms with E-state index in [1.807, 2.05) is 0 Å². The van der Waals surface area contributed by atoms with Crippen molar-refractivity contribution in [2.24, 2.45) is 0 Å². The van der Waals surface area contributed by atoms with Crippen LogP contribution in [0.1, 0.15) is 0 Å². The molecule has 0 fully saturated rings. The van der Waals surface area contributed by atoms with Crippen molar-refractivity contribution in [3.63, 3.8) is 0 Å². The minimum absolute atomic E-state index is 0. The van der Waals surface area contributed by atoms with E-state index < -0.39 is 30.0 Å². The monoisotopic (exact) mass is 366 g/mol. The first-order valence-corrected chi connectivity index (χ1v) is 7.96. The predicted molar refractivity (Wildman–Crippen MR) is 86.7 cm³/mol. The fourth-order valence-electron chi connectivity index (χ4n) is 1.86. The molecule has 0 amide bonds.